The highest BCUT2D eigenvalue weighted by Gasteiger charge is 2.21. The van der Waals surface area contributed by atoms with Gasteiger partial charge >= 0.3 is 5.69 Å². The lowest BCUT2D eigenvalue weighted by Crippen LogP contribution is -2.30. The normalized spacial score (nSPS) is 13.8. The molecule has 0 spiro atoms. The highest BCUT2D eigenvalue weighted by atomic mass is 16.2. The Bertz CT molecular complexity index is 709. The Labute approximate surface area is 102 Å². The fourth-order valence-electron chi connectivity index (χ4n) is 2.32. The minimum atomic E-state index is -0.377. The van der Waals surface area contributed by atoms with Crippen LogP contribution in [0.5, 0.6) is 0 Å². The van der Waals surface area contributed by atoms with Gasteiger partial charge in [-0.2, -0.15) is 5.10 Å². The predicted molar refractivity (Wildman–Crippen MR) is 68.0 cm³/mol. The molecular weight excluding hydrogens is 234 g/mol. The van der Waals surface area contributed by atoms with Gasteiger partial charge in [0.05, 0.1) is 6.54 Å². The number of nitrogens with zero attached hydrogens (tertiary/aromatic N) is 3. The molecule has 18 heavy (non-hydrogen) atoms. The van der Waals surface area contributed by atoms with Crippen molar-refractivity contribution in [3.63, 3.8) is 0 Å². The molecule has 1 aliphatic rings. The second kappa shape index (κ2) is 4.01. The summed E-state index contributed by atoms with van der Waals surface area (Å²) in [7, 11) is 0. The van der Waals surface area contributed by atoms with Crippen molar-refractivity contribution in [2.45, 2.75) is 32.9 Å². The molecule has 2 N–H and O–H groups in total. The molecule has 3 rings (SSSR count). The fourth-order valence-corrected chi connectivity index (χ4v) is 2.32. The molecule has 0 atom stereocenters. The van der Waals surface area contributed by atoms with Crippen molar-refractivity contribution in [2.24, 2.45) is 0 Å². The van der Waals surface area contributed by atoms with Gasteiger partial charge in [-0.05, 0) is 6.42 Å². The van der Waals surface area contributed by atoms with Gasteiger partial charge in [-0.25, -0.2) is 9.48 Å². The average Bonchev–Trinajstić information content (AvgIpc) is 2.88. The standard InChI is InChI=1S/C11H15N5O2/c1-2-3-5-15-9-7(10(17)13-11(15)18)8-12-4-6-16(8)14-9/h12H,2-6H2,1H3,(H,13,17,18). The van der Waals surface area contributed by atoms with Gasteiger partial charge in [0.1, 0.15) is 11.2 Å². The van der Waals surface area contributed by atoms with E-state index in [0.717, 1.165) is 31.7 Å². The summed E-state index contributed by atoms with van der Waals surface area (Å²) in [6.07, 6.45) is 1.87. The highest BCUT2D eigenvalue weighted by molar-refractivity contribution is 5.87. The smallest absolute Gasteiger partial charge is 0.330 e. The van der Waals surface area contributed by atoms with Crippen LogP contribution in [0.2, 0.25) is 0 Å². The molecule has 0 saturated carbocycles. The zero-order chi connectivity index (χ0) is 12.7. The summed E-state index contributed by atoms with van der Waals surface area (Å²) in [5.41, 5.74) is -0.254. The van der Waals surface area contributed by atoms with Crippen molar-refractivity contribution >= 4 is 16.9 Å². The first kappa shape index (κ1) is 11.1. The van der Waals surface area contributed by atoms with Crippen LogP contribution in [-0.4, -0.2) is 25.9 Å². The van der Waals surface area contributed by atoms with Crippen molar-refractivity contribution in [1.29, 1.82) is 0 Å². The molecule has 0 unspecified atom stereocenters. The Morgan fingerprint density at radius 2 is 2.22 bits per heavy atom. The van der Waals surface area contributed by atoms with E-state index >= 15 is 0 Å². The third kappa shape index (κ3) is 1.47. The molecule has 7 nitrogen and oxygen atoms in total. The van der Waals surface area contributed by atoms with E-state index in [0.29, 0.717) is 17.6 Å². The maximum Gasteiger partial charge on any atom is 0.330 e. The Morgan fingerprint density at radius 1 is 1.39 bits per heavy atom. The summed E-state index contributed by atoms with van der Waals surface area (Å²) in [4.78, 5) is 26.1. The Morgan fingerprint density at radius 3 is 3.00 bits per heavy atom. The van der Waals surface area contributed by atoms with Gasteiger partial charge in [0, 0.05) is 13.1 Å². The maximum atomic E-state index is 11.9. The molecule has 0 aliphatic carbocycles. The molecule has 2 aromatic rings. The van der Waals surface area contributed by atoms with E-state index in [1.54, 1.807) is 9.25 Å². The molecule has 0 saturated heterocycles. The van der Waals surface area contributed by atoms with E-state index in [-0.39, 0.29) is 11.2 Å². The number of aromatic amines is 1. The van der Waals surface area contributed by atoms with Crippen molar-refractivity contribution in [2.75, 3.05) is 11.9 Å². The quantitative estimate of drug-likeness (QED) is 0.808. The summed E-state index contributed by atoms with van der Waals surface area (Å²) < 4.78 is 3.30. The van der Waals surface area contributed by atoms with Crippen LogP contribution in [0.4, 0.5) is 5.82 Å². The molecule has 0 bridgehead atoms. The lowest BCUT2D eigenvalue weighted by atomic mass is 10.3. The number of aromatic nitrogens is 4. The van der Waals surface area contributed by atoms with E-state index in [1.165, 1.54) is 0 Å². The zero-order valence-electron chi connectivity index (χ0n) is 10.2. The van der Waals surface area contributed by atoms with E-state index in [4.69, 9.17) is 0 Å². The number of hydrogen-bond donors (Lipinski definition) is 2. The third-order valence-electron chi connectivity index (χ3n) is 3.23. The number of nitrogens with one attached hydrogen (secondary N) is 2. The second-order valence-corrected chi connectivity index (χ2v) is 4.46. The average molecular weight is 249 g/mol. The molecule has 0 aromatic carbocycles. The molecule has 1 aliphatic heterocycles. The van der Waals surface area contributed by atoms with Gasteiger partial charge in [0.2, 0.25) is 0 Å². The summed E-state index contributed by atoms with van der Waals surface area (Å²) in [5.74, 6) is 0.719. The molecule has 96 valence electrons. The largest absolute Gasteiger partial charge is 0.368 e. The Kier molecular flexibility index (Phi) is 2.46. The minimum absolute atomic E-state index is 0.363. The van der Waals surface area contributed by atoms with Gasteiger partial charge < -0.3 is 5.32 Å². The first-order valence-corrected chi connectivity index (χ1v) is 6.20. The maximum absolute atomic E-state index is 11.9. The van der Waals surface area contributed by atoms with Crippen molar-refractivity contribution in [3.8, 4) is 0 Å². The summed E-state index contributed by atoms with van der Waals surface area (Å²) in [6, 6.07) is 0. The molecule has 7 heteroatoms. The van der Waals surface area contributed by atoms with E-state index in [9.17, 15) is 9.59 Å². The first-order valence-electron chi connectivity index (χ1n) is 6.20. The van der Waals surface area contributed by atoms with E-state index in [1.807, 2.05) is 0 Å². The molecule has 0 fully saturated rings. The molecule has 3 heterocycles. The second-order valence-electron chi connectivity index (χ2n) is 4.46. The van der Waals surface area contributed by atoms with E-state index in [2.05, 4.69) is 22.3 Å². The van der Waals surface area contributed by atoms with Gasteiger partial charge in [-0.3, -0.25) is 14.3 Å². The number of fused-ring (bicyclic) bond motifs is 3. The number of H-pyrrole nitrogens is 1. The van der Waals surface area contributed by atoms with Crippen LogP contribution in [0.3, 0.4) is 0 Å². The molecular formula is C11H15N5O2. The van der Waals surface area contributed by atoms with Crippen molar-refractivity contribution in [1.82, 2.24) is 19.3 Å². The van der Waals surface area contributed by atoms with Crippen LogP contribution in [0.15, 0.2) is 9.59 Å². The van der Waals surface area contributed by atoms with Crippen molar-refractivity contribution < 1.29 is 0 Å². The topological polar surface area (TPSA) is 84.7 Å². The van der Waals surface area contributed by atoms with Crippen LogP contribution in [0, 0.1) is 0 Å². The lowest BCUT2D eigenvalue weighted by molar-refractivity contribution is 0.603. The highest BCUT2D eigenvalue weighted by Crippen LogP contribution is 2.22. The first-order chi connectivity index (χ1) is 8.72. The fraction of sp³-hybridized carbons (Fsp3) is 0.545. The SMILES string of the molecule is CCCCn1c(=O)[nH]c(=O)c2c3n(nc21)CCN3. The number of aryl methyl sites for hydroxylation is 1. The van der Waals surface area contributed by atoms with Gasteiger partial charge in [-0.15, -0.1) is 0 Å². The zero-order valence-corrected chi connectivity index (χ0v) is 10.2. The Balaban J connectivity index is 2.30. The van der Waals surface area contributed by atoms with Gasteiger partial charge in [0.15, 0.2) is 5.65 Å². The minimum Gasteiger partial charge on any atom is -0.368 e. The molecule has 2 aromatic heterocycles. The van der Waals surface area contributed by atoms with Crippen molar-refractivity contribution in [3.05, 3.63) is 20.8 Å². The lowest BCUT2D eigenvalue weighted by Gasteiger charge is -2.04. The predicted octanol–water partition coefficient (Wildman–Crippen LogP) is 0.112. The number of rotatable bonds is 3. The summed E-state index contributed by atoms with van der Waals surface area (Å²) in [6.45, 7) is 4.14. The van der Waals surface area contributed by atoms with Crippen LogP contribution >= 0.6 is 0 Å². The molecule has 0 radical (unpaired) electrons. The van der Waals surface area contributed by atoms with Gasteiger partial charge in [0.25, 0.3) is 5.56 Å². The van der Waals surface area contributed by atoms with Crippen LogP contribution in [0.25, 0.3) is 11.0 Å². The third-order valence-corrected chi connectivity index (χ3v) is 3.23. The number of hydrogen-bond acceptors (Lipinski definition) is 4. The van der Waals surface area contributed by atoms with E-state index < -0.39 is 0 Å². The van der Waals surface area contributed by atoms with Crippen LogP contribution in [-0.2, 0) is 13.1 Å². The number of unbranched alkanes of at least 4 members (excludes halogenated alkanes) is 1. The van der Waals surface area contributed by atoms with Crippen LogP contribution in [0.1, 0.15) is 19.8 Å². The summed E-state index contributed by atoms with van der Waals surface area (Å²) in [5, 5.41) is 7.99. The summed E-state index contributed by atoms with van der Waals surface area (Å²) >= 11 is 0. The Hall–Kier alpha value is -2.05. The molecule has 0 amide bonds. The van der Waals surface area contributed by atoms with Crippen LogP contribution < -0.4 is 16.6 Å². The van der Waals surface area contributed by atoms with Gasteiger partial charge in [-0.1, -0.05) is 13.3 Å². The monoisotopic (exact) mass is 249 g/mol. The number of anilines is 1.